The van der Waals surface area contributed by atoms with Crippen LogP contribution in [0.2, 0.25) is 0 Å². The molecule has 0 bridgehead atoms. The van der Waals surface area contributed by atoms with E-state index in [-0.39, 0.29) is 0 Å². The van der Waals surface area contributed by atoms with Crippen molar-refractivity contribution < 1.29 is 4.39 Å². The third-order valence-electron chi connectivity index (χ3n) is 1.24. The van der Waals surface area contributed by atoms with Gasteiger partial charge in [0.05, 0.1) is 5.44 Å². The summed E-state index contributed by atoms with van der Waals surface area (Å²) in [6.07, 6.45) is 0. The van der Waals surface area contributed by atoms with Crippen molar-refractivity contribution in [2.45, 2.75) is 13.8 Å². The SMILES string of the molecule is Cc1nc(F)c(C)c(P)n1. The van der Waals surface area contributed by atoms with Gasteiger partial charge in [-0.05, 0) is 13.8 Å². The molecule has 1 rings (SSSR count). The zero-order chi connectivity index (χ0) is 7.72. The van der Waals surface area contributed by atoms with Gasteiger partial charge in [-0.2, -0.15) is 4.39 Å². The fraction of sp³-hybridized carbons (Fsp3) is 0.333. The summed E-state index contributed by atoms with van der Waals surface area (Å²) in [5.74, 6) is 0.0330. The average molecular weight is 158 g/mol. The highest BCUT2D eigenvalue weighted by atomic mass is 31.0. The molecule has 0 aliphatic heterocycles. The van der Waals surface area contributed by atoms with Gasteiger partial charge in [0.1, 0.15) is 5.82 Å². The van der Waals surface area contributed by atoms with Gasteiger partial charge in [0.25, 0.3) is 0 Å². The van der Waals surface area contributed by atoms with E-state index >= 15 is 0 Å². The van der Waals surface area contributed by atoms with Crippen LogP contribution in [0, 0.1) is 19.8 Å². The molecule has 0 N–H and O–H groups in total. The Balaban J connectivity index is 3.31. The molecule has 0 radical (unpaired) electrons. The third kappa shape index (κ3) is 1.29. The highest BCUT2D eigenvalue weighted by molar-refractivity contribution is 7.27. The van der Waals surface area contributed by atoms with E-state index in [1.54, 1.807) is 13.8 Å². The quantitative estimate of drug-likeness (QED) is 0.411. The van der Waals surface area contributed by atoms with Crippen LogP contribution in [-0.4, -0.2) is 9.97 Å². The number of aromatic nitrogens is 2. The minimum Gasteiger partial charge on any atom is -0.234 e. The molecule has 1 heterocycles. The fourth-order valence-electron chi connectivity index (χ4n) is 0.615. The van der Waals surface area contributed by atoms with Crippen molar-refractivity contribution in [2.24, 2.45) is 0 Å². The van der Waals surface area contributed by atoms with Gasteiger partial charge in [-0.25, -0.2) is 9.97 Å². The van der Waals surface area contributed by atoms with Gasteiger partial charge in [0, 0.05) is 5.56 Å². The molecular formula is C6H8FN2P. The summed E-state index contributed by atoms with van der Waals surface area (Å²) >= 11 is 0. The van der Waals surface area contributed by atoms with Crippen molar-refractivity contribution in [1.29, 1.82) is 0 Å². The zero-order valence-electron chi connectivity index (χ0n) is 5.85. The molecule has 1 aromatic heterocycles. The summed E-state index contributed by atoms with van der Waals surface area (Å²) in [5.41, 5.74) is 1.13. The molecular weight excluding hydrogens is 150 g/mol. The maximum Gasteiger partial charge on any atom is 0.219 e. The van der Waals surface area contributed by atoms with Gasteiger partial charge < -0.3 is 0 Å². The molecule has 0 aliphatic carbocycles. The van der Waals surface area contributed by atoms with Crippen LogP contribution in [0.5, 0.6) is 0 Å². The molecule has 1 aromatic rings. The Kier molecular flexibility index (Phi) is 1.95. The van der Waals surface area contributed by atoms with Crippen molar-refractivity contribution in [1.82, 2.24) is 9.97 Å². The highest BCUT2D eigenvalue weighted by Crippen LogP contribution is 2.00. The summed E-state index contributed by atoms with van der Waals surface area (Å²) in [4.78, 5) is 7.49. The number of nitrogens with zero attached hydrogens (tertiary/aromatic N) is 2. The Bertz CT molecular complexity index is 239. The predicted octanol–water partition coefficient (Wildman–Crippen LogP) is 0.733. The monoisotopic (exact) mass is 158 g/mol. The first-order valence-electron chi connectivity index (χ1n) is 2.87. The van der Waals surface area contributed by atoms with Gasteiger partial charge in [-0.3, -0.25) is 0 Å². The lowest BCUT2D eigenvalue weighted by atomic mass is 10.4. The smallest absolute Gasteiger partial charge is 0.219 e. The summed E-state index contributed by atoms with van der Waals surface area (Å²) in [6.45, 7) is 3.31. The predicted molar refractivity (Wildman–Crippen MR) is 40.8 cm³/mol. The van der Waals surface area contributed by atoms with Crippen molar-refractivity contribution >= 4 is 14.7 Å². The zero-order valence-corrected chi connectivity index (χ0v) is 7.00. The largest absolute Gasteiger partial charge is 0.234 e. The maximum absolute atomic E-state index is 12.7. The first kappa shape index (κ1) is 7.55. The molecule has 0 amide bonds. The Morgan fingerprint density at radius 2 is 1.90 bits per heavy atom. The number of rotatable bonds is 0. The minimum atomic E-state index is -0.433. The topological polar surface area (TPSA) is 25.8 Å². The number of hydrogen-bond acceptors (Lipinski definition) is 2. The van der Waals surface area contributed by atoms with Crippen molar-refractivity contribution in [3.8, 4) is 0 Å². The highest BCUT2D eigenvalue weighted by Gasteiger charge is 2.02. The van der Waals surface area contributed by atoms with Crippen molar-refractivity contribution in [3.63, 3.8) is 0 Å². The van der Waals surface area contributed by atoms with Gasteiger partial charge in [-0.15, -0.1) is 0 Å². The normalized spacial score (nSPS) is 10.0. The lowest BCUT2D eigenvalue weighted by Gasteiger charge is -1.99. The standard InChI is InChI=1S/C6H8FN2P/c1-3-5(7)8-4(2)9-6(3)10/h10H2,1-2H3. The van der Waals surface area contributed by atoms with Crippen LogP contribution in [-0.2, 0) is 0 Å². The molecule has 0 aromatic carbocycles. The van der Waals surface area contributed by atoms with E-state index in [4.69, 9.17) is 0 Å². The molecule has 0 spiro atoms. The van der Waals surface area contributed by atoms with E-state index in [9.17, 15) is 4.39 Å². The van der Waals surface area contributed by atoms with Crippen LogP contribution in [0.3, 0.4) is 0 Å². The van der Waals surface area contributed by atoms with E-state index in [1.165, 1.54) is 0 Å². The molecule has 1 unspecified atom stereocenters. The first-order valence-corrected chi connectivity index (χ1v) is 3.45. The molecule has 54 valence electrons. The van der Waals surface area contributed by atoms with Gasteiger partial charge in [-0.1, -0.05) is 9.24 Å². The Morgan fingerprint density at radius 3 is 2.40 bits per heavy atom. The number of hydrogen-bond donors (Lipinski definition) is 0. The van der Waals surface area contributed by atoms with Crippen LogP contribution < -0.4 is 5.44 Å². The molecule has 1 atom stereocenters. The van der Waals surface area contributed by atoms with E-state index in [2.05, 4.69) is 19.2 Å². The Hall–Kier alpha value is -0.560. The second-order valence-electron chi connectivity index (χ2n) is 2.07. The molecule has 4 heteroatoms. The minimum absolute atomic E-state index is 0.433. The second kappa shape index (κ2) is 2.59. The molecule has 0 fully saturated rings. The molecule has 0 aliphatic rings. The van der Waals surface area contributed by atoms with Crippen molar-refractivity contribution in [2.75, 3.05) is 0 Å². The summed E-state index contributed by atoms with van der Waals surface area (Å²) in [5, 5.41) is 0. The van der Waals surface area contributed by atoms with Crippen LogP contribution in [0.15, 0.2) is 0 Å². The lowest BCUT2D eigenvalue weighted by Crippen LogP contribution is -2.10. The van der Waals surface area contributed by atoms with Crippen molar-refractivity contribution in [3.05, 3.63) is 17.3 Å². The van der Waals surface area contributed by atoms with Crippen LogP contribution in [0.1, 0.15) is 11.4 Å². The Morgan fingerprint density at radius 1 is 1.30 bits per heavy atom. The van der Waals surface area contributed by atoms with E-state index < -0.39 is 5.95 Å². The lowest BCUT2D eigenvalue weighted by molar-refractivity contribution is 0.567. The molecule has 0 saturated carbocycles. The Labute approximate surface area is 61.1 Å². The summed E-state index contributed by atoms with van der Waals surface area (Å²) in [6, 6.07) is 0. The third-order valence-corrected chi connectivity index (χ3v) is 1.80. The molecule has 10 heavy (non-hydrogen) atoms. The molecule has 2 nitrogen and oxygen atoms in total. The van der Waals surface area contributed by atoms with Gasteiger partial charge in [0.2, 0.25) is 5.95 Å². The van der Waals surface area contributed by atoms with Crippen LogP contribution in [0.4, 0.5) is 4.39 Å². The van der Waals surface area contributed by atoms with Gasteiger partial charge >= 0.3 is 0 Å². The maximum atomic E-state index is 12.7. The average Bonchev–Trinajstić information content (AvgIpc) is 1.82. The van der Waals surface area contributed by atoms with Crippen LogP contribution in [0.25, 0.3) is 0 Å². The fourth-order valence-corrected chi connectivity index (χ4v) is 0.921. The summed E-state index contributed by atoms with van der Waals surface area (Å²) in [7, 11) is 2.36. The second-order valence-corrected chi connectivity index (χ2v) is 2.62. The molecule has 0 saturated heterocycles. The number of aryl methyl sites for hydroxylation is 1. The van der Waals surface area contributed by atoms with E-state index in [0.29, 0.717) is 16.8 Å². The first-order chi connectivity index (χ1) is 4.61. The van der Waals surface area contributed by atoms with E-state index in [0.717, 1.165) is 0 Å². The van der Waals surface area contributed by atoms with Crippen LogP contribution >= 0.6 is 9.24 Å². The van der Waals surface area contributed by atoms with Gasteiger partial charge in [0.15, 0.2) is 0 Å². The number of halogens is 1. The van der Waals surface area contributed by atoms with E-state index in [1.807, 2.05) is 0 Å². The summed E-state index contributed by atoms with van der Waals surface area (Å²) < 4.78 is 12.7.